The van der Waals surface area contributed by atoms with Crippen LogP contribution in [-0.2, 0) is 17.9 Å². The number of aryl methyl sites for hydroxylation is 1. The number of anilines is 1. The zero-order valence-electron chi connectivity index (χ0n) is 17.0. The first-order chi connectivity index (χ1) is 14.9. The molecule has 1 aromatic heterocycles. The molecular formula is C21H21ClFN5O2S. The highest BCUT2D eigenvalue weighted by molar-refractivity contribution is 7.99. The molecule has 2 aromatic carbocycles. The SMILES string of the molecule is CCn1c(CNC(=O)c2ccc(F)cc2)nnc1SCC(=O)Nc1ccc(Cl)cc1C. The second kappa shape index (κ2) is 10.4. The number of nitrogens with one attached hydrogen (secondary N) is 2. The summed E-state index contributed by atoms with van der Waals surface area (Å²) >= 11 is 7.20. The van der Waals surface area contributed by atoms with Gasteiger partial charge in [-0.05, 0) is 61.9 Å². The van der Waals surface area contributed by atoms with Crippen LogP contribution in [0.2, 0.25) is 5.02 Å². The fourth-order valence-electron chi connectivity index (χ4n) is 2.82. The lowest BCUT2D eigenvalue weighted by Crippen LogP contribution is -2.24. The third-order valence-corrected chi connectivity index (χ3v) is 5.62. The number of nitrogens with zero attached hydrogens (tertiary/aromatic N) is 3. The normalized spacial score (nSPS) is 10.7. The van der Waals surface area contributed by atoms with Crippen molar-refractivity contribution in [3.63, 3.8) is 0 Å². The standard InChI is InChI=1S/C21H21ClFN5O2S/c1-3-28-18(11-24-20(30)14-4-7-16(23)8-5-14)26-27-21(28)31-12-19(29)25-17-9-6-15(22)10-13(17)2/h4-10H,3,11-12H2,1-2H3,(H,24,30)(H,25,29). The van der Waals surface area contributed by atoms with E-state index in [1.165, 1.54) is 36.0 Å². The minimum absolute atomic E-state index is 0.155. The van der Waals surface area contributed by atoms with E-state index in [1.54, 1.807) is 18.2 Å². The van der Waals surface area contributed by atoms with Crippen molar-refractivity contribution in [1.29, 1.82) is 0 Å². The molecule has 31 heavy (non-hydrogen) atoms. The van der Waals surface area contributed by atoms with E-state index in [4.69, 9.17) is 11.6 Å². The molecule has 3 rings (SSSR count). The first-order valence-electron chi connectivity index (χ1n) is 9.52. The summed E-state index contributed by atoms with van der Waals surface area (Å²) in [6, 6.07) is 10.6. The van der Waals surface area contributed by atoms with Crippen molar-refractivity contribution in [2.24, 2.45) is 0 Å². The summed E-state index contributed by atoms with van der Waals surface area (Å²) in [6.07, 6.45) is 0. The molecule has 0 unspecified atom stereocenters. The maximum atomic E-state index is 13.0. The minimum atomic E-state index is -0.404. The third kappa shape index (κ3) is 6.05. The van der Waals surface area contributed by atoms with Gasteiger partial charge in [0.2, 0.25) is 5.91 Å². The van der Waals surface area contributed by atoms with Crippen molar-refractivity contribution in [3.8, 4) is 0 Å². The molecule has 0 bridgehead atoms. The molecule has 3 aromatic rings. The molecule has 0 fully saturated rings. The predicted molar refractivity (Wildman–Crippen MR) is 119 cm³/mol. The van der Waals surface area contributed by atoms with Gasteiger partial charge in [-0.2, -0.15) is 0 Å². The van der Waals surface area contributed by atoms with Crippen LogP contribution in [0.25, 0.3) is 0 Å². The number of carbonyl (C=O) groups is 2. The Bertz CT molecular complexity index is 1090. The first kappa shape index (κ1) is 22.8. The Kier molecular flexibility index (Phi) is 7.64. The van der Waals surface area contributed by atoms with Crippen LogP contribution in [0.5, 0.6) is 0 Å². The van der Waals surface area contributed by atoms with E-state index >= 15 is 0 Å². The Balaban J connectivity index is 1.57. The molecule has 0 atom stereocenters. The molecule has 2 N–H and O–H groups in total. The van der Waals surface area contributed by atoms with Gasteiger partial charge >= 0.3 is 0 Å². The predicted octanol–water partition coefficient (Wildman–Crippen LogP) is 4.06. The largest absolute Gasteiger partial charge is 0.345 e. The van der Waals surface area contributed by atoms with Crippen LogP contribution in [0.4, 0.5) is 10.1 Å². The van der Waals surface area contributed by atoms with Crippen molar-refractivity contribution in [2.75, 3.05) is 11.1 Å². The Labute approximate surface area is 188 Å². The minimum Gasteiger partial charge on any atom is -0.345 e. The van der Waals surface area contributed by atoms with Gasteiger partial charge in [0.15, 0.2) is 11.0 Å². The summed E-state index contributed by atoms with van der Waals surface area (Å²) in [5, 5.41) is 15.1. The summed E-state index contributed by atoms with van der Waals surface area (Å²) in [5.41, 5.74) is 1.94. The van der Waals surface area contributed by atoms with E-state index in [1.807, 2.05) is 18.4 Å². The molecular weight excluding hydrogens is 441 g/mol. The lowest BCUT2D eigenvalue weighted by molar-refractivity contribution is -0.113. The number of thioether (sulfide) groups is 1. The summed E-state index contributed by atoms with van der Waals surface area (Å²) in [7, 11) is 0. The molecule has 7 nitrogen and oxygen atoms in total. The maximum Gasteiger partial charge on any atom is 0.251 e. The van der Waals surface area contributed by atoms with Gasteiger partial charge in [0.25, 0.3) is 5.91 Å². The monoisotopic (exact) mass is 461 g/mol. The van der Waals surface area contributed by atoms with Gasteiger partial charge in [0, 0.05) is 22.8 Å². The van der Waals surface area contributed by atoms with Crippen LogP contribution in [0.15, 0.2) is 47.6 Å². The molecule has 0 aliphatic heterocycles. The van der Waals surface area contributed by atoms with E-state index < -0.39 is 5.82 Å². The summed E-state index contributed by atoms with van der Waals surface area (Å²) < 4.78 is 14.8. The lowest BCUT2D eigenvalue weighted by atomic mass is 10.2. The number of halogens is 2. The fraction of sp³-hybridized carbons (Fsp3) is 0.238. The van der Waals surface area contributed by atoms with Gasteiger partial charge in [-0.3, -0.25) is 9.59 Å². The van der Waals surface area contributed by atoms with Gasteiger partial charge in [0.05, 0.1) is 12.3 Å². The van der Waals surface area contributed by atoms with Gasteiger partial charge < -0.3 is 15.2 Å². The van der Waals surface area contributed by atoms with Gasteiger partial charge in [-0.15, -0.1) is 10.2 Å². The number of hydrogen-bond donors (Lipinski definition) is 2. The van der Waals surface area contributed by atoms with E-state index in [0.29, 0.717) is 33.8 Å². The van der Waals surface area contributed by atoms with E-state index in [-0.39, 0.29) is 24.1 Å². The quantitative estimate of drug-likeness (QED) is 0.494. The maximum absolute atomic E-state index is 13.0. The van der Waals surface area contributed by atoms with Crippen LogP contribution in [-0.4, -0.2) is 32.3 Å². The van der Waals surface area contributed by atoms with Gasteiger partial charge in [0.1, 0.15) is 5.82 Å². The Morgan fingerprint density at radius 3 is 2.58 bits per heavy atom. The average Bonchev–Trinajstić information content (AvgIpc) is 3.15. The molecule has 0 saturated heterocycles. The number of rotatable bonds is 8. The first-order valence-corrected chi connectivity index (χ1v) is 10.9. The number of hydrogen-bond acceptors (Lipinski definition) is 5. The summed E-state index contributed by atoms with van der Waals surface area (Å²) in [5.74, 6) is -0.194. The Hall–Kier alpha value is -2.91. The highest BCUT2D eigenvalue weighted by Gasteiger charge is 2.15. The van der Waals surface area contributed by atoms with Crippen LogP contribution in [0.1, 0.15) is 28.7 Å². The highest BCUT2D eigenvalue weighted by Crippen LogP contribution is 2.21. The second-order valence-corrected chi connectivity index (χ2v) is 8.01. The molecule has 0 saturated carbocycles. The second-order valence-electron chi connectivity index (χ2n) is 6.63. The molecule has 10 heteroatoms. The van der Waals surface area contributed by atoms with Crippen molar-refractivity contribution >= 4 is 40.9 Å². The fourth-order valence-corrected chi connectivity index (χ4v) is 3.87. The number of benzene rings is 2. The topological polar surface area (TPSA) is 88.9 Å². The van der Waals surface area contributed by atoms with Gasteiger partial charge in [-0.25, -0.2) is 4.39 Å². The molecule has 0 spiro atoms. The van der Waals surface area contributed by atoms with E-state index in [0.717, 1.165) is 5.56 Å². The molecule has 1 heterocycles. The molecule has 0 aliphatic carbocycles. The van der Waals surface area contributed by atoms with Gasteiger partial charge in [-0.1, -0.05) is 23.4 Å². The number of aromatic nitrogens is 3. The van der Waals surface area contributed by atoms with Crippen LogP contribution >= 0.6 is 23.4 Å². The number of carbonyl (C=O) groups excluding carboxylic acids is 2. The summed E-state index contributed by atoms with van der Waals surface area (Å²) in [4.78, 5) is 24.5. The zero-order chi connectivity index (χ0) is 22.4. The molecule has 162 valence electrons. The van der Waals surface area contributed by atoms with Crippen molar-refractivity contribution < 1.29 is 14.0 Å². The summed E-state index contributed by atoms with van der Waals surface area (Å²) in [6.45, 7) is 4.54. The Morgan fingerprint density at radius 1 is 1.16 bits per heavy atom. The average molecular weight is 462 g/mol. The van der Waals surface area contributed by atoms with Crippen LogP contribution < -0.4 is 10.6 Å². The van der Waals surface area contributed by atoms with Crippen molar-refractivity contribution in [2.45, 2.75) is 32.1 Å². The highest BCUT2D eigenvalue weighted by atomic mass is 35.5. The number of amides is 2. The van der Waals surface area contributed by atoms with Crippen LogP contribution in [0, 0.1) is 12.7 Å². The lowest BCUT2D eigenvalue weighted by Gasteiger charge is -2.10. The molecule has 0 radical (unpaired) electrons. The molecule has 2 amide bonds. The zero-order valence-corrected chi connectivity index (χ0v) is 18.6. The third-order valence-electron chi connectivity index (χ3n) is 4.42. The van der Waals surface area contributed by atoms with Crippen molar-refractivity contribution in [3.05, 3.63) is 70.3 Å². The van der Waals surface area contributed by atoms with E-state index in [9.17, 15) is 14.0 Å². The Morgan fingerprint density at radius 2 is 1.90 bits per heavy atom. The smallest absolute Gasteiger partial charge is 0.251 e. The van der Waals surface area contributed by atoms with Crippen molar-refractivity contribution in [1.82, 2.24) is 20.1 Å². The van der Waals surface area contributed by atoms with E-state index in [2.05, 4.69) is 20.8 Å². The van der Waals surface area contributed by atoms with Crippen LogP contribution in [0.3, 0.4) is 0 Å². The molecule has 0 aliphatic rings.